The Morgan fingerprint density at radius 2 is 2.33 bits per heavy atom. The summed E-state index contributed by atoms with van der Waals surface area (Å²) in [4.78, 5) is 0. The Labute approximate surface area is 96.0 Å². The molecule has 1 saturated heterocycles. The van der Waals surface area contributed by atoms with Crippen molar-refractivity contribution >= 4 is 17.3 Å². The predicted molar refractivity (Wildman–Crippen MR) is 65.7 cm³/mol. The first-order valence-corrected chi connectivity index (χ1v) is 5.87. The summed E-state index contributed by atoms with van der Waals surface area (Å²) in [6, 6.07) is 6.69. The van der Waals surface area contributed by atoms with E-state index in [1.54, 1.807) is 0 Å². The lowest BCUT2D eigenvalue weighted by Crippen LogP contribution is -2.38. The van der Waals surface area contributed by atoms with Gasteiger partial charge in [-0.1, -0.05) is 17.7 Å². The number of halogens is 1. The van der Waals surface area contributed by atoms with Gasteiger partial charge in [-0.2, -0.15) is 0 Å². The van der Waals surface area contributed by atoms with Gasteiger partial charge in [-0.05, 0) is 44.0 Å². The van der Waals surface area contributed by atoms with Crippen LogP contribution in [0.4, 0.5) is 5.69 Å². The molecule has 0 bridgehead atoms. The van der Waals surface area contributed by atoms with Crippen molar-refractivity contribution < 1.29 is 0 Å². The van der Waals surface area contributed by atoms with Gasteiger partial charge in [-0.15, -0.1) is 0 Å². The highest BCUT2D eigenvalue weighted by Gasteiger charge is 2.12. The lowest BCUT2D eigenvalue weighted by Gasteiger charge is -2.25. The first-order valence-electron chi connectivity index (χ1n) is 5.49. The molecule has 0 amide bonds. The first kappa shape index (κ1) is 10.8. The van der Waals surface area contributed by atoms with Crippen molar-refractivity contribution in [2.45, 2.75) is 25.8 Å². The highest BCUT2D eigenvalue weighted by Crippen LogP contribution is 2.21. The summed E-state index contributed by atoms with van der Waals surface area (Å²) in [7, 11) is 0. The minimum Gasteiger partial charge on any atom is -0.381 e. The number of aryl methyl sites for hydroxylation is 1. The fourth-order valence-electron chi connectivity index (χ4n) is 1.89. The highest BCUT2D eigenvalue weighted by atomic mass is 35.5. The number of rotatable bonds is 2. The second kappa shape index (κ2) is 4.86. The zero-order valence-electron chi connectivity index (χ0n) is 9.02. The van der Waals surface area contributed by atoms with Gasteiger partial charge in [0.05, 0.1) is 0 Å². The van der Waals surface area contributed by atoms with Crippen molar-refractivity contribution in [3.63, 3.8) is 0 Å². The van der Waals surface area contributed by atoms with Gasteiger partial charge in [-0.3, -0.25) is 0 Å². The van der Waals surface area contributed by atoms with Crippen molar-refractivity contribution in [1.82, 2.24) is 5.32 Å². The van der Waals surface area contributed by atoms with Crippen molar-refractivity contribution in [2.24, 2.45) is 0 Å². The van der Waals surface area contributed by atoms with Crippen LogP contribution in [0.5, 0.6) is 0 Å². The average molecular weight is 225 g/mol. The fourth-order valence-corrected chi connectivity index (χ4v) is 2.07. The maximum Gasteiger partial charge on any atom is 0.0455 e. The molecule has 1 fully saturated rings. The minimum absolute atomic E-state index is 0.539. The highest BCUT2D eigenvalue weighted by molar-refractivity contribution is 6.31. The molecule has 1 unspecified atom stereocenters. The summed E-state index contributed by atoms with van der Waals surface area (Å²) in [6.07, 6.45) is 2.48. The van der Waals surface area contributed by atoms with E-state index in [2.05, 4.69) is 22.8 Å². The number of piperidine rings is 1. The molecular weight excluding hydrogens is 208 g/mol. The van der Waals surface area contributed by atoms with Crippen LogP contribution in [0.3, 0.4) is 0 Å². The number of anilines is 1. The van der Waals surface area contributed by atoms with Crippen LogP contribution < -0.4 is 10.6 Å². The topological polar surface area (TPSA) is 24.1 Å². The molecule has 0 radical (unpaired) electrons. The van der Waals surface area contributed by atoms with Crippen LogP contribution in [0.1, 0.15) is 18.4 Å². The summed E-state index contributed by atoms with van der Waals surface area (Å²) < 4.78 is 0. The van der Waals surface area contributed by atoms with Crippen LogP contribution in [0.25, 0.3) is 0 Å². The van der Waals surface area contributed by atoms with Crippen LogP contribution in [0, 0.1) is 6.92 Å². The molecule has 1 atom stereocenters. The molecule has 15 heavy (non-hydrogen) atoms. The number of nitrogens with one attached hydrogen (secondary N) is 2. The van der Waals surface area contributed by atoms with Crippen LogP contribution in [0.15, 0.2) is 18.2 Å². The Hall–Kier alpha value is -0.730. The molecule has 1 heterocycles. The number of hydrogen-bond acceptors (Lipinski definition) is 2. The van der Waals surface area contributed by atoms with Crippen LogP contribution in [-0.4, -0.2) is 19.1 Å². The summed E-state index contributed by atoms with van der Waals surface area (Å²) in [6.45, 7) is 4.21. The van der Waals surface area contributed by atoms with E-state index in [0.29, 0.717) is 6.04 Å². The van der Waals surface area contributed by atoms with Crippen molar-refractivity contribution in [2.75, 3.05) is 18.4 Å². The first-order chi connectivity index (χ1) is 7.25. The van der Waals surface area contributed by atoms with Gasteiger partial charge >= 0.3 is 0 Å². The molecule has 2 rings (SSSR count). The number of benzene rings is 1. The van der Waals surface area contributed by atoms with E-state index < -0.39 is 0 Å². The van der Waals surface area contributed by atoms with Gasteiger partial charge in [0.25, 0.3) is 0 Å². The summed E-state index contributed by atoms with van der Waals surface area (Å²) in [5, 5.41) is 7.72. The molecule has 1 aliphatic rings. The van der Waals surface area contributed by atoms with Gasteiger partial charge in [0, 0.05) is 23.3 Å². The summed E-state index contributed by atoms with van der Waals surface area (Å²) in [5.74, 6) is 0. The molecule has 0 saturated carbocycles. The Kier molecular flexibility index (Phi) is 3.49. The van der Waals surface area contributed by atoms with E-state index >= 15 is 0 Å². The maximum absolute atomic E-state index is 6.08. The quantitative estimate of drug-likeness (QED) is 0.808. The zero-order valence-corrected chi connectivity index (χ0v) is 9.77. The third-order valence-electron chi connectivity index (χ3n) is 2.84. The fraction of sp³-hybridized carbons (Fsp3) is 0.500. The Morgan fingerprint density at radius 1 is 1.47 bits per heavy atom. The van der Waals surface area contributed by atoms with E-state index in [1.807, 2.05) is 13.0 Å². The van der Waals surface area contributed by atoms with Gasteiger partial charge < -0.3 is 10.6 Å². The lowest BCUT2D eigenvalue weighted by molar-refractivity contribution is 0.480. The molecule has 2 N–H and O–H groups in total. The molecule has 0 aromatic heterocycles. The average Bonchev–Trinajstić information content (AvgIpc) is 2.25. The molecule has 3 heteroatoms. The van der Waals surface area contributed by atoms with E-state index in [4.69, 9.17) is 11.6 Å². The van der Waals surface area contributed by atoms with Gasteiger partial charge in [0.2, 0.25) is 0 Å². The summed E-state index contributed by atoms with van der Waals surface area (Å²) in [5.41, 5.74) is 2.25. The smallest absolute Gasteiger partial charge is 0.0455 e. The molecular formula is C12H17ClN2. The second-order valence-electron chi connectivity index (χ2n) is 4.15. The Morgan fingerprint density at radius 3 is 3.00 bits per heavy atom. The van der Waals surface area contributed by atoms with Crippen LogP contribution in [0.2, 0.25) is 5.02 Å². The third kappa shape index (κ3) is 2.86. The van der Waals surface area contributed by atoms with Gasteiger partial charge in [0.15, 0.2) is 0 Å². The largest absolute Gasteiger partial charge is 0.381 e. The lowest BCUT2D eigenvalue weighted by atomic mass is 10.1. The normalized spacial score (nSPS) is 21.3. The molecule has 1 aromatic carbocycles. The monoisotopic (exact) mass is 224 g/mol. The maximum atomic E-state index is 6.08. The van der Waals surface area contributed by atoms with Crippen LogP contribution >= 0.6 is 11.6 Å². The van der Waals surface area contributed by atoms with E-state index in [-0.39, 0.29) is 0 Å². The molecule has 0 spiro atoms. The van der Waals surface area contributed by atoms with Crippen molar-refractivity contribution in [3.8, 4) is 0 Å². The van der Waals surface area contributed by atoms with E-state index in [1.165, 1.54) is 12.8 Å². The van der Waals surface area contributed by atoms with Crippen molar-refractivity contribution in [1.29, 1.82) is 0 Å². The zero-order chi connectivity index (χ0) is 10.7. The Bertz CT molecular complexity index is 332. The van der Waals surface area contributed by atoms with E-state index in [0.717, 1.165) is 29.4 Å². The predicted octanol–water partition coefficient (Wildman–Crippen LogP) is 2.81. The van der Waals surface area contributed by atoms with Crippen LogP contribution in [-0.2, 0) is 0 Å². The molecule has 82 valence electrons. The molecule has 0 aliphatic carbocycles. The van der Waals surface area contributed by atoms with Gasteiger partial charge in [-0.25, -0.2) is 0 Å². The number of hydrogen-bond donors (Lipinski definition) is 2. The SMILES string of the molecule is Cc1ccc(NC2CCCNC2)cc1Cl. The molecule has 2 nitrogen and oxygen atoms in total. The Balaban J connectivity index is 2.00. The van der Waals surface area contributed by atoms with Gasteiger partial charge in [0.1, 0.15) is 0 Å². The molecule has 1 aliphatic heterocycles. The van der Waals surface area contributed by atoms with E-state index in [9.17, 15) is 0 Å². The third-order valence-corrected chi connectivity index (χ3v) is 3.25. The summed E-state index contributed by atoms with van der Waals surface area (Å²) >= 11 is 6.08. The van der Waals surface area contributed by atoms with Crippen molar-refractivity contribution in [3.05, 3.63) is 28.8 Å². The second-order valence-corrected chi connectivity index (χ2v) is 4.56. The standard InChI is InChI=1S/C12H17ClN2/c1-9-4-5-10(7-12(9)13)15-11-3-2-6-14-8-11/h4-5,7,11,14-15H,2-3,6,8H2,1H3. The minimum atomic E-state index is 0.539. The molecule has 1 aromatic rings.